The lowest BCUT2D eigenvalue weighted by Crippen LogP contribution is -2.13. The highest BCUT2D eigenvalue weighted by atomic mass is 19.2. The Balaban J connectivity index is 2.16. The van der Waals surface area contributed by atoms with Crippen molar-refractivity contribution in [2.75, 3.05) is 6.54 Å². The molecule has 2 rings (SSSR count). The Labute approximate surface area is 104 Å². The van der Waals surface area contributed by atoms with Gasteiger partial charge in [0.2, 0.25) is 0 Å². The zero-order valence-corrected chi connectivity index (χ0v) is 10.0. The molecule has 0 aliphatic rings. The van der Waals surface area contributed by atoms with Crippen molar-refractivity contribution in [1.29, 1.82) is 0 Å². The van der Waals surface area contributed by atoms with Crippen LogP contribution in [0.1, 0.15) is 19.0 Å². The zero-order chi connectivity index (χ0) is 13.0. The average Bonchev–Trinajstić information content (AvgIpc) is 2.82. The van der Waals surface area contributed by atoms with Gasteiger partial charge in [0, 0.05) is 6.54 Å². The molecular formula is C12H14F2N4. The molecule has 0 unspecified atom stereocenters. The predicted octanol–water partition coefficient (Wildman–Crippen LogP) is 2.05. The normalized spacial score (nSPS) is 10.8. The third kappa shape index (κ3) is 2.70. The molecule has 96 valence electrons. The van der Waals surface area contributed by atoms with Crippen LogP contribution in [0.4, 0.5) is 8.78 Å². The van der Waals surface area contributed by atoms with Crippen molar-refractivity contribution < 1.29 is 8.78 Å². The molecule has 0 saturated heterocycles. The third-order valence-corrected chi connectivity index (χ3v) is 2.45. The van der Waals surface area contributed by atoms with Gasteiger partial charge >= 0.3 is 0 Å². The summed E-state index contributed by atoms with van der Waals surface area (Å²) in [6.45, 7) is 3.50. The summed E-state index contributed by atoms with van der Waals surface area (Å²) in [5.41, 5.74) is 0.747. The van der Waals surface area contributed by atoms with Gasteiger partial charge in [0.05, 0.1) is 11.9 Å². The summed E-state index contributed by atoms with van der Waals surface area (Å²) in [6, 6.07) is 3.96. The fourth-order valence-electron chi connectivity index (χ4n) is 1.56. The molecule has 0 atom stereocenters. The van der Waals surface area contributed by atoms with Gasteiger partial charge < -0.3 is 5.32 Å². The summed E-state index contributed by atoms with van der Waals surface area (Å²) in [7, 11) is 0. The number of nitrogens with one attached hydrogen (secondary N) is 1. The summed E-state index contributed by atoms with van der Waals surface area (Å²) in [6.07, 6.45) is 2.60. The van der Waals surface area contributed by atoms with Crippen molar-refractivity contribution in [1.82, 2.24) is 20.3 Å². The van der Waals surface area contributed by atoms with Gasteiger partial charge in [0.15, 0.2) is 11.6 Å². The molecule has 1 N–H and O–H groups in total. The predicted molar refractivity (Wildman–Crippen MR) is 63.3 cm³/mol. The SMILES string of the molecule is CCCNCc1cn(-c2cccc(F)c2F)nn1. The molecule has 0 aliphatic heterocycles. The lowest BCUT2D eigenvalue weighted by atomic mass is 10.3. The van der Waals surface area contributed by atoms with Gasteiger partial charge in [0.1, 0.15) is 5.69 Å². The van der Waals surface area contributed by atoms with Crippen LogP contribution in [0, 0.1) is 11.6 Å². The second-order valence-corrected chi connectivity index (χ2v) is 3.90. The molecule has 1 heterocycles. The summed E-state index contributed by atoms with van der Waals surface area (Å²) in [4.78, 5) is 0. The molecule has 2 aromatic rings. The first-order chi connectivity index (χ1) is 8.72. The van der Waals surface area contributed by atoms with Crippen molar-refractivity contribution in [2.24, 2.45) is 0 Å². The number of nitrogens with zero attached hydrogens (tertiary/aromatic N) is 3. The first-order valence-corrected chi connectivity index (χ1v) is 5.78. The van der Waals surface area contributed by atoms with Gasteiger partial charge in [-0.25, -0.2) is 13.5 Å². The molecule has 0 aliphatic carbocycles. The van der Waals surface area contributed by atoms with E-state index in [1.54, 1.807) is 6.20 Å². The fraction of sp³-hybridized carbons (Fsp3) is 0.333. The van der Waals surface area contributed by atoms with Gasteiger partial charge in [-0.15, -0.1) is 5.10 Å². The van der Waals surface area contributed by atoms with Crippen molar-refractivity contribution in [3.63, 3.8) is 0 Å². The van der Waals surface area contributed by atoms with Crippen molar-refractivity contribution in [3.8, 4) is 5.69 Å². The van der Waals surface area contributed by atoms with E-state index in [-0.39, 0.29) is 5.69 Å². The summed E-state index contributed by atoms with van der Waals surface area (Å²) in [5.74, 6) is -1.82. The molecule has 0 saturated carbocycles. The maximum Gasteiger partial charge on any atom is 0.184 e. The fourth-order valence-corrected chi connectivity index (χ4v) is 1.56. The molecule has 0 bridgehead atoms. The second kappa shape index (κ2) is 5.68. The molecule has 0 amide bonds. The Morgan fingerprint density at radius 1 is 1.33 bits per heavy atom. The van der Waals surface area contributed by atoms with Gasteiger partial charge in [-0.3, -0.25) is 0 Å². The monoisotopic (exact) mass is 252 g/mol. The average molecular weight is 252 g/mol. The van der Waals surface area contributed by atoms with Crippen LogP contribution in [0.2, 0.25) is 0 Å². The molecule has 18 heavy (non-hydrogen) atoms. The molecule has 0 spiro atoms. The number of aromatic nitrogens is 3. The molecule has 1 aromatic carbocycles. The van der Waals surface area contributed by atoms with Crippen LogP contribution in [0.15, 0.2) is 24.4 Å². The second-order valence-electron chi connectivity index (χ2n) is 3.90. The van der Waals surface area contributed by atoms with E-state index in [0.717, 1.165) is 19.0 Å². The Kier molecular flexibility index (Phi) is 3.99. The standard InChI is InChI=1S/C12H14F2N4/c1-2-6-15-7-9-8-18(17-16-9)11-5-3-4-10(13)12(11)14/h3-5,8,15H,2,6-7H2,1H3. The number of hydrogen-bond donors (Lipinski definition) is 1. The first-order valence-electron chi connectivity index (χ1n) is 5.78. The Morgan fingerprint density at radius 3 is 2.94 bits per heavy atom. The quantitative estimate of drug-likeness (QED) is 0.828. The van der Waals surface area contributed by atoms with Crippen LogP contribution < -0.4 is 5.32 Å². The van der Waals surface area contributed by atoms with E-state index >= 15 is 0 Å². The van der Waals surface area contributed by atoms with E-state index in [0.29, 0.717) is 12.2 Å². The first kappa shape index (κ1) is 12.6. The summed E-state index contributed by atoms with van der Waals surface area (Å²) < 4.78 is 27.8. The van der Waals surface area contributed by atoms with Gasteiger partial charge in [-0.05, 0) is 25.1 Å². The molecular weight excluding hydrogens is 238 g/mol. The minimum Gasteiger partial charge on any atom is -0.311 e. The van der Waals surface area contributed by atoms with Crippen molar-refractivity contribution in [2.45, 2.75) is 19.9 Å². The van der Waals surface area contributed by atoms with Crippen LogP contribution >= 0.6 is 0 Å². The van der Waals surface area contributed by atoms with Gasteiger partial charge in [0.25, 0.3) is 0 Å². The number of rotatable bonds is 5. The van der Waals surface area contributed by atoms with Crippen molar-refractivity contribution in [3.05, 3.63) is 41.7 Å². The molecule has 0 fully saturated rings. The lowest BCUT2D eigenvalue weighted by molar-refractivity contribution is 0.500. The van der Waals surface area contributed by atoms with E-state index in [4.69, 9.17) is 0 Å². The number of halogens is 2. The van der Waals surface area contributed by atoms with Crippen molar-refractivity contribution >= 4 is 0 Å². The molecule has 6 heteroatoms. The molecule has 4 nitrogen and oxygen atoms in total. The summed E-state index contributed by atoms with van der Waals surface area (Å²) >= 11 is 0. The van der Waals surface area contributed by atoms with E-state index in [1.165, 1.54) is 16.8 Å². The van der Waals surface area contributed by atoms with Crippen LogP contribution in [-0.2, 0) is 6.54 Å². The number of benzene rings is 1. The minimum atomic E-state index is -0.921. The van der Waals surface area contributed by atoms with E-state index in [1.807, 2.05) is 0 Å². The molecule has 1 aromatic heterocycles. The van der Waals surface area contributed by atoms with E-state index < -0.39 is 11.6 Å². The zero-order valence-electron chi connectivity index (χ0n) is 10.0. The maximum atomic E-state index is 13.5. The smallest absolute Gasteiger partial charge is 0.184 e. The maximum absolute atomic E-state index is 13.5. The third-order valence-electron chi connectivity index (χ3n) is 2.45. The minimum absolute atomic E-state index is 0.0595. The highest BCUT2D eigenvalue weighted by molar-refractivity contribution is 5.33. The van der Waals surface area contributed by atoms with Gasteiger partial charge in [-0.1, -0.05) is 18.2 Å². The van der Waals surface area contributed by atoms with Crippen LogP contribution in [0.3, 0.4) is 0 Å². The van der Waals surface area contributed by atoms with Gasteiger partial charge in [-0.2, -0.15) is 0 Å². The Morgan fingerprint density at radius 2 is 2.17 bits per heavy atom. The topological polar surface area (TPSA) is 42.7 Å². The van der Waals surface area contributed by atoms with Crippen LogP contribution in [0.25, 0.3) is 5.69 Å². The molecule has 0 radical (unpaired) electrons. The van der Waals surface area contributed by atoms with Crippen LogP contribution in [-0.4, -0.2) is 21.5 Å². The largest absolute Gasteiger partial charge is 0.311 e. The highest BCUT2D eigenvalue weighted by Crippen LogP contribution is 2.15. The highest BCUT2D eigenvalue weighted by Gasteiger charge is 2.11. The van der Waals surface area contributed by atoms with E-state index in [9.17, 15) is 8.78 Å². The lowest BCUT2D eigenvalue weighted by Gasteiger charge is -2.02. The number of hydrogen-bond acceptors (Lipinski definition) is 3. The van der Waals surface area contributed by atoms with E-state index in [2.05, 4.69) is 22.6 Å². The Hall–Kier alpha value is -1.82. The van der Waals surface area contributed by atoms with Crippen LogP contribution in [0.5, 0.6) is 0 Å². The summed E-state index contributed by atoms with van der Waals surface area (Å²) in [5, 5.41) is 10.8. The Bertz CT molecular complexity index is 525.